The Morgan fingerprint density at radius 3 is 2.41 bits per heavy atom. The van der Waals surface area contributed by atoms with Crippen molar-refractivity contribution in [3.63, 3.8) is 0 Å². The SMILES string of the molecule is CC(O)CNC(=O)c1cccc(OCC(=O)N(c2ccccc2)C(C)C)c1. The number of carbonyl (C=O) groups excluding carboxylic acids is 2. The first-order valence-corrected chi connectivity index (χ1v) is 8.94. The zero-order valence-corrected chi connectivity index (χ0v) is 15.9. The Hall–Kier alpha value is -2.86. The fourth-order valence-corrected chi connectivity index (χ4v) is 2.60. The lowest BCUT2D eigenvalue weighted by atomic mass is 10.2. The molecule has 144 valence electrons. The molecule has 2 amide bonds. The molecule has 2 aromatic rings. The molecule has 0 radical (unpaired) electrons. The van der Waals surface area contributed by atoms with Crippen molar-refractivity contribution >= 4 is 17.5 Å². The van der Waals surface area contributed by atoms with Crippen LogP contribution in [0.4, 0.5) is 5.69 Å². The second-order valence-corrected chi connectivity index (χ2v) is 6.57. The standard InChI is InChI=1S/C21H26N2O4/c1-15(2)23(18-9-5-4-6-10-18)20(25)14-27-19-11-7-8-17(12-19)21(26)22-13-16(3)24/h4-12,15-16,24H,13-14H2,1-3H3,(H,22,26). The number of rotatable bonds is 8. The largest absolute Gasteiger partial charge is 0.484 e. The van der Waals surface area contributed by atoms with Crippen LogP contribution in [0.15, 0.2) is 54.6 Å². The van der Waals surface area contributed by atoms with E-state index in [0.717, 1.165) is 5.69 Å². The average Bonchev–Trinajstić information content (AvgIpc) is 2.65. The summed E-state index contributed by atoms with van der Waals surface area (Å²) < 4.78 is 5.62. The van der Waals surface area contributed by atoms with E-state index in [1.807, 2.05) is 44.2 Å². The van der Waals surface area contributed by atoms with Gasteiger partial charge in [-0.15, -0.1) is 0 Å². The Labute approximate surface area is 159 Å². The first-order valence-electron chi connectivity index (χ1n) is 8.94. The van der Waals surface area contributed by atoms with Crippen LogP contribution in [0, 0.1) is 0 Å². The van der Waals surface area contributed by atoms with Gasteiger partial charge in [0.2, 0.25) is 0 Å². The molecule has 6 heteroatoms. The van der Waals surface area contributed by atoms with Gasteiger partial charge in [-0.05, 0) is 51.1 Å². The zero-order chi connectivity index (χ0) is 19.8. The number of amides is 2. The third-order valence-corrected chi connectivity index (χ3v) is 3.84. The molecule has 0 aromatic heterocycles. The maximum absolute atomic E-state index is 12.6. The van der Waals surface area contributed by atoms with Gasteiger partial charge in [0, 0.05) is 23.8 Å². The van der Waals surface area contributed by atoms with Crippen molar-refractivity contribution in [2.24, 2.45) is 0 Å². The lowest BCUT2D eigenvalue weighted by molar-refractivity contribution is -0.120. The Bertz CT molecular complexity index is 760. The maximum atomic E-state index is 12.6. The fourth-order valence-electron chi connectivity index (χ4n) is 2.60. The van der Waals surface area contributed by atoms with Gasteiger partial charge in [0.15, 0.2) is 6.61 Å². The van der Waals surface area contributed by atoms with E-state index in [2.05, 4.69) is 5.32 Å². The lowest BCUT2D eigenvalue weighted by Gasteiger charge is -2.26. The molecule has 0 bridgehead atoms. The summed E-state index contributed by atoms with van der Waals surface area (Å²) in [7, 11) is 0. The Balaban J connectivity index is 2.02. The Morgan fingerprint density at radius 1 is 1.07 bits per heavy atom. The highest BCUT2D eigenvalue weighted by Crippen LogP contribution is 2.18. The van der Waals surface area contributed by atoms with Crippen molar-refractivity contribution in [1.82, 2.24) is 5.32 Å². The molecule has 2 rings (SSSR count). The first kappa shape index (κ1) is 20.5. The molecule has 0 saturated heterocycles. The maximum Gasteiger partial charge on any atom is 0.265 e. The minimum atomic E-state index is -0.619. The highest BCUT2D eigenvalue weighted by molar-refractivity contribution is 5.95. The zero-order valence-electron chi connectivity index (χ0n) is 15.9. The van der Waals surface area contributed by atoms with E-state index in [9.17, 15) is 14.7 Å². The second kappa shape index (κ2) is 9.73. The van der Waals surface area contributed by atoms with Gasteiger partial charge in [0.1, 0.15) is 5.75 Å². The minimum absolute atomic E-state index is 0.0129. The topological polar surface area (TPSA) is 78.9 Å². The fraction of sp³-hybridized carbons (Fsp3) is 0.333. The summed E-state index contributed by atoms with van der Waals surface area (Å²) in [4.78, 5) is 26.4. The highest BCUT2D eigenvalue weighted by Gasteiger charge is 2.19. The first-order chi connectivity index (χ1) is 12.9. The average molecular weight is 370 g/mol. The minimum Gasteiger partial charge on any atom is -0.484 e. The van der Waals surface area contributed by atoms with Gasteiger partial charge in [0.05, 0.1) is 6.10 Å². The van der Waals surface area contributed by atoms with Crippen LogP contribution in [-0.2, 0) is 4.79 Å². The van der Waals surface area contributed by atoms with Crippen LogP contribution in [0.25, 0.3) is 0 Å². The van der Waals surface area contributed by atoms with Crippen molar-refractivity contribution in [3.8, 4) is 5.75 Å². The van der Waals surface area contributed by atoms with Crippen LogP contribution < -0.4 is 15.0 Å². The molecular weight excluding hydrogens is 344 g/mol. The summed E-state index contributed by atoms with van der Waals surface area (Å²) in [6.07, 6.45) is -0.619. The molecule has 0 aliphatic rings. The summed E-state index contributed by atoms with van der Waals surface area (Å²) in [5.74, 6) is -0.0363. The van der Waals surface area contributed by atoms with E-state index in [0.29, 0.717) is 11.3 Å². The van der Waals surface area contributed by atoms with Gasteiger partial charge in [-0.3, -0.25) is 9.59 Å². The Morgan fingerprint density at radius 2 is 1.78 bits per heavy atom. The van der Waals surface area contributed by atoms with Gasteiger partial charge in [-0.25, -0.2) is 0 Å². The molecule has 6 nitrogen and oxygen atoms in total. The van der Waals surface area contributed by atoms with Crippen molar-refractivity contribution < 1.29 is 19.4 Å². The molecule has 2 N–H and O–H groups in total. The third kappa shape index (κ3) is 6.11. The van der Waals surface area contributed by atoms with E-state index in [-0.39, 0.29) is 31.0 Å². The molecule has 1 unspecified atom stereocenters. The van der Waals surface area contributed by atoms with Crippen LogP contribution in [0.3, 0.4) is 0 Å². The molecule has 2 aromatic carbocycles. The lowest BCUT2D eigenvalue weighted by Crippen LogP contribution is -2.40. The van der Waals surface area contributed by atoms with E-state index in [4.69, 9.17) is 4.74 Å². The summed E-state index contributed by atoms with van der Waals surface area (Å²) in [5.41, 5.74) is 1.22. The number of anilines is 1. The normalized spacial score (nSPS) is 11.7. The van der Waals surface area contributed by atoms with E-state index in [1.54, 1.807) is 36.1 Å². The van der Waals surface area contributed by atoms with Crippen LogP contribution in [0.5, 0.6) is 5.75 Å². The van der Waals surface area contributed by atoms with Crippen LogP contribution in [-0.4, -0.2) is 42.2 Å². The molecule has 0 saturated carbocycles. The van der Waals surface area contributed by atoms with Gasteiger partial charge in [-0.1, -0.05) is 24.3 Å². The molecular formula is C21H26N2O4. The molecule has 0 fully saturated rings. The summed E-state index contributed by atoms with van der Waals surface area (Å²) in [5, 5.41) is 11.9. The van der Waals surface area contributed by atoms with Gasteiger partial charge >= 0.3 is 0 Å². The number of aliphatic hydroxyl groups is 1. The smallest absolute Gasteiger partial charge is 0.265 e. The molecule has 0 aliphatic carbocycles. The van der Waals surface area contributed by atoms with Crippen LogP contribution >= 0.6 is 0 Å². The van der Waals surface area contributed by atoms with E-state index < -0.39 is 6.10 Å². The summed E-state index contributed by atoms with van der Waals surface area (Å²) in [6, 6.07) is 16.0. The molecule has 27 heavy (non-hydrogen) atoms. The number of aliphatic hydroxyl groups excluding tert-OH is 1. The predicted molar refractivity (Wildman–Crippen MR) is 105 cm³/mol. The number of carbonyl (C=O) groups is 2. The van der Waals surface area contributed by atoms with Gasteiger partial charge in [0.25, 0.3) is 11.8 Å². The van der Waals surface area contributed by atoms with Crippen molar-refractivity contribution in [2.75, 3.05) is 18.1 Å². The van der Waals surface area contributed by atoms with E-state index >= 15 is 0 Å². The van der Waals surface area contributed by atoms with Crippen molar-refractivity contribution in [1.29, 1.82) is 0 Å². The number of ether oxygens (including phenoxy) is 1. The summed E-state index contributed by atoms with van der Waals surface area (Å²) in [6.45, 7) is 5.52. The number of benzene rings is 2. The number of hydrogen-bond acceptors (Lipinski definition) is 4. The van der Waals surface area contributed by atoms with Crippen molar-refractivity contribution in [2.45, 2.75) is 32.9 Å². The highest BCUT2D eigenvalue weighted by atomic mass is 16.5. The van der Waals surface area contributed by atoms with Crippen molar-refractivity contribution in [3.05, 3.63) is 60.2 Å². The van der Waals surface area contributed by atoms with Crippen LogP contribution in [0.1, 0.15) is 31.1 Å². The number of para-hydroxylation sites is 1. The van der Waals surface area contributed by atoms with E-state index in [1.165, 1.54) is 0 Å². The molecule has 0 heterocycles. The number of hydrogen-bond donors (Lipinski definition) is 2. The predicted octanol–water partition coefficient (Wildman–Crippen LogP) is 2.62. The Kier molecular flexibility index (Phi) is 7.37. The molecule has 0 aliphatic heterocycles. The van der Waals surface area contributed by atoms with Gasteiger partial charge < -0.3 is 20.1 Å². The van der Waals surface area contributed by atoms with Gasteiger partial charge in [-0.2, -0.15) is 0 Å². The van der Waals surface area contributed by atoms with Crippen LogP contribution in [0.2, 0.25) is 0 Å². The second-order valence-electron chi connectivity index (χ2n) is 6.57. The summed E-state index contributed by atoms with van der Waals surface area (Å²) >= 11 is 0. The molecule has 0 spiro atoms. The number of nitrogens with zero attached hydrogens (tertiary/aromatic N) is 1. The molecule has 1 atom stereocenters. The quantitative estimate of drug-likeness (QED) is 0.749. The third-order valence-electron chi connectivity index (χ3n) is 3.84. The number of nitrogens with one attached hydrogen (secondary N) is 1. The monoisotopic (exact) mass is 370 g/mol.